The van der Waals surface area contributed by atoms with E-state index in [1.54, 1.807) is 7.11 Å². The normalized spacial score (nSPS) is 25.3. The van der Waals surface area contributed by atoms with Crippen LogP contribution in [0.5, 0.6) is 11.5 Å². The van der Waals surface area contributed by atoms with E-state index in [4.69, 9.17) is 15.2 Å². The van der Waals surface area contributed by atoms with Crippen molar-refractivity contribution in [3.05, 3.63) is 24.3 Å². The van der Waals surface area contributed by atoms with Crippen molar-refractivity contribution in [1.29, 1.82) is 0 Å². The average Bonchev–Trinajstić information content (AvgIpc) is 2.40. The second-order valence-electron chi connectivity index (χ2n) is 5.04. The van der Waals surface area contributed by atoms with Gasteiger partial charge in [0.1, 0.15) is 6.10 Å². The monoisotopic (exact) mass is 249 g/mol. The van der Waals surface area contributed by atoms with Crippen LogP contribution in [-0.2, 0) is 0 Å². The van der Waals surface area contributed by atoms with Gasteiger partial charge in [-0.25, -0.2) is 0 Å². The Balaban J connectivity index is 2.15. The lowest BCUT2D eigenvalue weighted by atomic mass is 9.59. The standard InChI is InChI=1S/C15H23NO2/c1-4-15(5-2)13(16)10-14(15)18-12-9-7-6-8-11(12)17-3/h6-9,13-14H,4-5,10,16H2,1-3H3. The molecule has 3 nitrogen and oxygen atoms in total. The predicted molar refractivity (Wildman–Crippen MR) is 73.0 cm³/mol. The van der Waals surface area contributed by atoms with E-state index in [0.29, 0.717) is 0 Å². The number of rotatable bonds is 5. The van der Waals surface area contributed by atoms with E-state index in [2.05, 4.69) is 13.8 Å². The minimum atomic E-state index is 0.126. The largest absolute Gasteiger partial charge is 0.493 e. The van der Waals surface area contributed by atoms with Gasteiger partial charge in [0.05, 0.1) is 7.11 Å². The summed E-state index contributed by atoms with van der Waals surface area (Å²) >= 11 is 0. The van der Waals surface area contributed by atoms with Gasteiger partial charge in [0.15, 0.2) is 11.5 Å². The summed E-state index contributed by atoms with van der Waals surface area (Å²) in [6.07, 6.45) is 3.26. The van der Waals surface area contributed by atoms with Gasteiger partial charge in [-0.2, -0.15) is 0 Å². The van der Waals surface area contributed by atoms with Crippen LogP contribution in [0.3, 0.4) is 0 Å². The van der Waals surface area contributed by atoms with Crippen molar-refractivity contribution in [1.82, 2.24) is 0 Å². The molecular weight excluding hydrogens is 226 g/mol. The van der Waals surface area contributed by atoms with Crippen molar-refractivity contribution in [2.75, 3.05) is 7.11 Å². The van der Waals surface area contributed by atoms with Gasteiger partial charge in [-0.05, 0) is 25.0 Å². The maximum atomic E-state index is 6.18. The SMILES string of the molecule is CCC1(CC)C(N)CC1Oc1ccccc1OC. The molecule has 1 aromatic rings. The zero-order valence-corrected chi connectivity index (χ0v) is 11.5. The van der Waals surface area contributed by atoms with Crippen molar-refractivity contribution in [3.8, 4) is 11.5 Å². The van der Waals surface area contributed by atoms with Crippen LogP contribution in [0.2, 0.25) is 0 Å². The molecule has 100 valence electrons. The first-order chi connectivity index (χ1) is 8.67. The fourth-order valence-electron chi connectivity index (χ4n) is 3.04. The van der Waals surface area contributed by atoms with Crippen LogP contribution >= 0.6 is 0 Å². The summed E-state index contributed by atoms with van der Waals surface area (Å²) in [6.45, 7) is 4.39. The Morgan fingerprint density at radius 1 is 1.22 bits per heavy atom. The number of methoxy groups -OCH3 is 1. The summed E-state index contributed by atoms with van der Waals surface area (Å²) in [5.41, 5.74) is 6.31. The van der Waals surface area contributed by atoms with Gasteiger partial charge in [-0.1, -0.05) is 26.0 Å². The Bertz CT molecular complexity index is 401. The maximum absolute atomic E-state index is 6.18. The number of hydrogen-bond acceptors (Lipinski definition) is 3. The smallest absolute Gasteiger partial charge is 0.161 e. The third kappa shape index (κ3) is 1.97. The van der Waals surface area contributed by atoms with E-state index < -0.39 is 0 Å². The molecule has 0 heterocycles. The molecule has 1 aliphatic carbocycles. The van der Waals surface area contributed by atoms with E-state index in [0.717, 1.165) is 30.8 Å². The van der Waals surface area contributed by atoms with Gasteiger partial charge in [0, 0.05) is 17.9 Å². The second-order valence-corrected chi connectivity index (χ2v) is 5.04. The van der Waals surface area contributed by atoms with E-state index in [9.17, 15) is 0 Å². The number of nitrogens with two attached hydrogens (primary N) is 1. The summed E-state index contributed by atoms with van der Waals surface area (Å²) in [7, 11) is 1.67. The molecule has 0 spiro atoms. The number of benzene rings is 1. The first kappa shape index (κ1) is 13.2. The first-order valence-electron chi connectivity index (χ1n) is 6.73. The number of hydrogen-bond donors (Lipinski definition) is 1. The maximum Gasteiger partial charge on any atom is 0.161 e. The highest BCUT2D eigenvalue weighted by atomic mass is 16.5. The molecule has 18 heavy (non-hydrogen) atoms. The second kappa shape index (κ2) is 5.19. The molecule has 1 aromatic carbocycles. The van der Waals surface area contributed by atoms with Gasteiger partial charge in [0.2, 0.25) is 0 Å². The fraction of sp³-hybridized carbons (Fsp3) is 0.600. The van der Waals surface area contributed by atoms with Crippen LogP contribution in [0.25, 0.3) is 0 Å². The summed E-state index contributed by atoms with van der Waals surface area (Å²) in [5.74, 6) is 1.61. The molecule has 0 saturated heterocycles. The number of ether oxygens (including phenoxy) is 2. The van der Waals surface area contributed by atoms with Crippen molar-refractivity contribution >= 4 is 0 Å². The molecule has 1 fully saturated rings. The first-order valence-corrected chi connectivity index (χ1v) is 6.73. The Morgan fingerprint density at radius 3 is 2.33 bits per heavy atom. The summed E-state index contributed by atoms with van der Waals surface area (Å²) < 4.78 is 11.5. The molecule has 0 radical (unpaired) electrons. The highest BCUT2D eigenvalue weighted by molar-refractivity contribution is 5.39. The molecule has 0 amide bonds. The molecule has 3 heteroatoms. The molecule has 0 aliphatic heterocycles. The number of para-hydroxylation sites is 2. The molecule has 1 aliphatic rings. The van der Waals surface area contributed by atoms with Gasteiger partial charge >= 0.3 is 0 Å². The summed E-state index contributed by atoms with van der Waals surface area (Å²) in [5, 5.41) is 0. The Kier molecular flexibility index (Phi) is 3.81. The Labute approximate surface area is 109 Å². The van der Waals surface area contributed by atoms with Crippen molar-refractivity contribution < 1.29 is 9.47 Å². The zero-order chi connectivity index (χ0) is 13.2. The lowest BCUT2D eigenvalue weighted by Gasteiger charge is -2.53. The third-order valence-corrected chi connectivity index (χ3v) is 4.50. The lowest BCUT2D eigenvalue weighted by molar-refractivity contribution is -0.0730. The van der Waals surface area contributed by atoms with Crippen LogP contribution in [0.1, 0.15) is 33.1 Å². The van der Waals surface area contributed by atoms with E-state index in [1.807, 2.05) is 24.3 Å². The minimum absolute atomic E-state index is 0.126. The van der Waals surface area contributed by atoms with Gasteiger partial charge in [-0.15, -0.1) is 0 Å². The third-order valence-electron chi connectivity index (χ3n) is 4.50. The highest BCUT2D eigenvalue weighted by Crippen LogP contribution is 2.48. The zero-order valence-electron chi connectivity index (χ0n) is 11.5. The molecular formula is C15H23NO2. The van der Waals surface area contributed by atoms with Crippen LogP contribution in [-0.4, -0.2) is 19.3 Å². The Morgan fingerprint density at radius 2 is 1.83 bits per heavy atom. The van der Waals surface area contributed by atoms with E-state index >= 15 is 0 Å². The predicted octanol–water partition coefficient (Wildman–Crippen LogP) is 2.98. The summed E-state index contributed by atoms with van der Waals surface area (Å²) in [4.78, 5) is 0. The van der Waals surface area contributed by atoms with Crippen LogP contribution in [0.15, 0.2) is 24.3 Å². The molecule has 0 aromatic heterocycles. The molecule has 1 saturated carbocycles. The lowest BCUT2D eigenvalue weighted by Crippen LogP contribution is -2.62. The quantitative estimate of drug-likeness (QED) is 0.872. The molecule has 2 atom stereocenters. The fourth-order valence-corrected chi connectivity index (χ4v) is 3.04. The van der Waals surface area contributed by atoms with Crippen LogP contribution in [0.4, 0.5) is 0 Å². The van der Waals surface area contributed by atoms with Gasteiger partial charge in [-0.3, -0.25) is 0 Å². The minimum Gasteiger partial charge on any atom is -0.493 e. The Hall–Kier alpha value is -1.22. The van der Waals surface area contributed by atoms with Gasteiger partial charge < -0.3 is 15.2 Å². The van der Waals surface area contributed by atoms with Gasteiger partial charge in [0.25, 0.3) is 0 Å². The van der Waals surface area contributed by atoms with Crippen molar-refractivity contribution in [3.63, 3.8) is 0 Å². The van der Waals surface area contributed by atoms with Crippen molar-refractivity contribution in [2.24, 2.45) is 11.1 Å². The van der Waals surface area contributed by atoms with Crippen LogP contribution in [0, 0.1) is 5.41 Å². The summed E-state index contributed by atoms with van der Waals surface area (Å²) in [6, 6.07) is 8.06. The molecule has 0 bridgehead atoms. The van der Waals surface area contributed by atoms with E-state index in [1.165, 1.54) is 0 Å². The topological polar surface area (TPSA) is 44.5 Å². The van der Waals surface area contributed by atoms with Crippen molar-refractivity contribution in [2.45, 2.75) is 45.3 Å². The van der Waals surface area contributed by atoms with E-state index in [-0.39, 0.29) is 17.6 Å². The molecule has 2 N–H and O–H groups in total. The average molecular weight is 249 g/mol. The molecule has 2 rings (SSSR count). The molecule has 2 unspecified atom stereocenters. The van der Waals surface area contributed by atoms with Crippen LogP contribution < -0.4 is 15.2 Å². The highest BCUT2D eigenvalue weighted by Gasteiger charge is 2.52.